The number of anilines is 1. The Balaban J connectivity index is 1.64. The Labute approximate surface area is 159 Å². The van der Waals surface area contributed by atoms with Crippen LogP contribution in [0.4, 0.5) is 11.4 Å². The molecule has 4 nitrogen and oxygen atoms in total. The van der Waals surface area contributed by atoms with E-state index in [2.05, 4.69) is 24.0 Å². The van der Waals surface area contributed by atoms with Crippen molar-refractivity contribution in [2.24, 2.45) is 5.92 Å². The van der Waals surface area contributed by atoms with Crippen molar-refractivity contribution in [3.63, 3.8) is 0 Å². The normalized spacial score (nSPS) is 24.6. The number of carbonyl (C=O) groups excluding carboxylic acids is 1. The fourth-order valence-corrected chi connectivity index (χ4v) is 3.79. The van der Waals surface area contributed by atoms with E-state index >= 15 is 0 Å². The number of ketones is 1. The van der Waals surface area contributed by atoms with Gasteiger partial charge in [0, 0.05) is 36.0 Å². The number of allylic oxidation sites excluding steroid dienone is 1. The van der Waals surface area contributed by atoms with Crippen molar-refractivity contribution in [3.05, 3.63) is 78.0 Å². The van der Waals surface area contributed by atoms with Crippen LogP contribution in [0.3, 0.4) is 0 Å². The number of carbonyl (C=O) groups is 1. The van der Waals surface area contributed by atoms with Gasteiger partial charge in [-0.15, -0.1) is 0 Å². The summed E-state index contributed by atoms with van der Waals surface area (Å²) in [7, 11) is 1.78. The predicted octanol–water partition coefficient (Wildman–Crippen LogP) is 2.77. The van der Waals surface area contributed by atoms with Crippen molar-refractivity contribution in [2.45, 2.75) is 13.0 Å². The fourth-order valence-electron chi connectivity index (χ4n) is 3.79. The van der Waals surface area contributed by atoms with E-state index in [0.717, 1.165) is 29.2 Å². The maximum atomic E-state index is 12.8. The average molecular weight is 358 g/mol. The summed E-state index contributed by atoms with van der Waals surface area (Å²) in [6.45, 7) is 2.85. The molecule has 0 N–H and O–H groups in total. The van der Waals surface area contributed by atoms with Crippen LogP contribution in [0.15, 0.2) is 72.4 Å². The summed E-state index contributed by atoms with van der Waals surface area (Å²) < 4.78 is 1.72. The maximum absolute atomic E-state index is 12.8. The Bertz CT molecular complexity index is 973. The second kappa shape index (κ2) is 6.97. The van der Waals surface area contributed by atoms with E-state index in [9.17, 15) is 9.90 Å². The zero-order valence-corrected chi connectivity index (χ0v) is 15.5. The minimum atomic E-state index is -1.04. The van der Waals surface area contributed by atoms with Crippen LogP contribution in [0.5, 0.6) is 0 Å². The van der Waals surface area contributed by atoms with Gasteiger partial charge in [-0.25, -0.2) is 0 Å². The molecule has 1 aliphatic heterocycles. The SMILES string of the molecule is CCN1C(=CC2C(=O)C(=[N+](C)c3ccccc3)C2[O-])C=Cc2ccccc21. The van der Waals surface area contributed by atoms with E-state index in [4.69, 9.17) is 0 Å². The second-order valence-corrected chi connectivity index (χ2v) is 6.82. The molecule has 0 amide bonds. The van der Waals surface area contributed by atoms with Gasteiger partial charge in [-0.1, -0.05) is 48.6 Å². The molecule has 0 aromatic heterocycles. The smallest absolute Gasteiger partial charge is 0.227 e. The number of nitrogens with zero attached hydrogens (tertiary/aromatic N) is 2. The molecule has 2 aromatic rings. The lowest BCUT2D eigenvalue weighted by Gasteiger charge is -2.38. The molecular formula is C23H22N2O2. The number of benzene rings is 2. The van der Waals surface area contributed by atoms with Crippen molar-refractivity contribution in [3.8, 4) is 0 Å². The van der Waals surface area contributed by atoms with E-state index in [1.165, 1.54) is 0 Å². The largest absolute Gasteiger partial charge is 0.843 e. The first-order valence-electron chi connectivity index (χ1n) is 9.24. The van der Waals surface area contributed by atoms with Gasteiger partial charge in [0.05, 0.1) is 0 Å². The number of hydrogen-bond donors (Lipinski definition) is 0. The second-order valence-electron chi connectivity index (χ2n) is 6.82. The molecule has 1 saturated carbocycles. The van der Waals surface area contributed by atoms with E-state index < -0.39 is 12.0 Å². The quantitative estimate of drug-likeness (QED) is 0.793. The van der Waals surface area contributed by atoms with Gasteiger partial charge in [-0.2, -0.15) is 4.58 Å². The molecule has 2 atom stereocenters. The molecule has 2 unspecified atom stereocenters. The molecule has 0 saturated heterocycles. The van der Waals surface area contributed by atoms with Gasteiger partial charge < -0.3 is 10.0 Å². The highest BCUT2D eigenvalue weighted by molar-refractivity contribution is 6.47. The van der Waals surface area contributed by atoms with Gasteiger partial charge >= 0.3 is 0 Å². The van der Waals surface area contributed by atoms with Crippen LogP contribution in [-0.2, 0) is 4.79 Å². The maximum Gasteiger partial charge on any atom is 0.227 e. The molecule has 4 rings (SSSR count). The summed E-state index contributed by atoms with van der Waals surface area (Å²) in [5.74, 6) is -0.706. The van der Waals surface area contributed by atoms with Gasteiger partial charge in [-0.05, 0) is 30.7 Å². The minimum Gasteiger partial charge on any atom is -0.843 e. The van der Waals surface area contributed by atoms with Gasteiger partial charge in [0.2, 0.25) is 17.2 Å². The molecule has 4 heteroatoms. The lowest BCUT2D eigenvalue weighted by Crippen LogP contribution is -2.62. The summed E-state index contributed by atoms with van der Waals surface area (Å²) in [5, 5.41) is 12.8. The van der Waals surface area contributed by atoms with Crippen LogP contribution >= 0.6 is 0 Å². The molecule has 1 aliphatic carbocycles. The van der Waals surface area contributed by atoms with Crippen LogP contribution < -0.4 is 10.0 Å². The Kier molecular flexibility index (Phi) is 4.50. The predicted molar refractivity (Wildman–Crippen MR) is 106 cm³/mol. The first-order valence-corrected chi connectivity index (χ1v) is 9.24. The van der Waals surface area contributed by atoms with Crippen LogP contribution in [0.25, 0.3) is 6.08 Å². The van der Waals surface area contributed by atoms with Crippen molar-refractivity contribution in [1.82, 2.24) is 0 Å². The van der Waals surface area contributed by atoms with Crippen molar-refractivity contribution < 1.29 is 14.5 Å². The number of hydrogen-bond acceptors (Lipinski definition) is 3. The summed E-state index contributed by atoms with van der Waals surface area (Å²) in [6, 6.07) is 17.7. The van der Waals surface area contributed by atoms with Crippen LogP contribution in [0.1, 0.15) is 12.5 Å². The van der Waals surface area contributed by atoms with Gasteiger partial charge in [0.25, 0.3) is 0 Å². The third-order valence-electron chi connectivity index (χ3n) is 5.30. The molecule has 2 aliphatic rings. The van der Waals surface area contributed by atoms with Crippen molar-refractivity contribution >= 4 is 28.9 Å². The van der Waals surface area contributed by atoms with E-state index in [-0.39, 0.29) is 5.78 Å². The molecule has 136 valence electrons. The molecule has 0 radical (unpaired) electrons. The molecule has 1 heterocycles. The average Bonchev–Trinajstić information content (AvgIpc) is 2.72. The van der Waals surface area contributed by atoms with Gasteiger partial charge in [-0.3, -0.25) is 4.79 Å². The van der Waals surface area contributed by atoms with Gasteiger partial charge in [0.1, 0.15) is 7.05 Å². The number of Topliss-reactive ketones (excluding diaryl/α,β-unsaturated/α-hetero) is 1. The van der Waals surface area contributed by atoms with E-state index in [0.29, 0.717) is 5.71 Å². The lowest BCUT2D eigenvalue weighted by molar-refractivity contribution is -0.454. The monoisotopic (exact) mass is 358 g/mol. The fraction of sp³-hybridized carbons (Fsp3) is 0.217. The first kappa shape index (κ1) is 17.4. The lowest BCUT2D eigenvalue weighted by atomic mass is 9.77. The zero-order valence-electron chi connectivity index (χ0n) is 15.5. The summed E-state index contributed by atoms with van der Waals surface area (Å²) in [6.07, 6.45) is 4.82. The van der Waals surface area contributed by atoms with Gasteiger partial charge in [0.15, 0.2) is 0 Å². The summed E-state index contributed by atoms with van der Waals surface area (Å²) in [5.41, 5.74) is 4.36. The number of fused-ring (bicyclic) bond motifs is 1. The van der Waals surface area contributed by atoms with Crippen molar-refractivity contribution in [2.75, 3.05) is 18.5 Å². The Morgan fingerprint density at radius 2 is 1.78 bits per heavy atom. The minimum absolute atomic E-state index is 0.0860. The number of para-hydroxylation sites is 2. The summed E-state index contributed by atoms with van der Waals surface area (Å²) >= 11 is 0. The van der Waals surface area contributed by atoms with Crippen molar-refractivity contribution in [1.29, 1.82) is 0 Å². The van der Waals surface area contributed by atoms with E-state index in [1.807, 2.05) is 60.7 Å². The standard InChI is InChI=1S/C23H22N2O2/c1-3-25-18(14-13-16-9-7-8-12-20(16)25)15-19-22(26)21(23(19)27)24(2)17-10-5-4-6-11-17/h4-15,19,22H,3H2,1-2H3. The third kappa shape index (κ3) is 2.92. The number of rotatable bonds is 3. The molecular weight excluding hydrogens is 336 g/mol. The highest BCUT2D eigenvalue weighted by atomic mass is 16.3. The molecule has 1 fully saturated rings. The highest BCUT2D eigenvalue weighted by Gasteiger charge is 2.45. The molecule has 27 heavy (non-hydrogen) atoms. The zero-order chi connectivity index (χ0) is 19.0. The Hall–Kier alpha value is -2.98. The number of likely N-dealkylation sites (N-methyl/N-ethyl adjacent to an activating group) is 1. The van der Waals surface area contributed by atoms with Crippen LogP contribution in [0.2, 0.25) is 0 Å². The van der Waals surface area contributed by atoms with E-state index in [1.54, 1.807) is 11.6 Å². The highest BCUT2D eigenvalue weighted by Crippen LogP contribution is 2.33. The Morgan fingerprint density at radius 1 is 1.07 bits per heavy atom. The van der Waals surface area contributed by atoms with Crippen LogP contribution in [-0.4, -0.2) is 35.8 Å². The topological polar surface area (TPSA) is 46.4 Å². The molecule has 0 bridgehead atoms. The molecule has 2 aromatic carbocycles. The molecule has 0 spiro atoms. The third-order valence-corrected chi connectivity index (χ3v) is 5.30. The summed E-state index contributed by atoms with van der Waals surface area (Å²) in [4.78, 5) is 14.9. The first-order chi connectivity index (χ1) is 13.1. The Morgan fingerprint density at radius 3 is 2.48 bits per heavy atom. The van der Waals surface area contributed by atoms with Crippen LogP contribution in [0, 0.1) is 5.92 Å².